The summed E-state index contributed by atoms with van der Waals surface area (Å²) in [6.07, 6.45) is -0.0472. The van der Waals surface area contributed by atoms with E-state index in [0.717, 1.165) is 0 Å². The molecular weight excluding hydrogens is 197 g/mol. The average molecular weight is 207 g/mol. The van der Waals surface area contributed by atoms with Crippen LogP contribution in [0.15, 0.2) is 24.3 Å². The van der Waals surface area contributed by atoms with Crippen LogP contribution in [0, 0.1) is 5.82 Å². The number of amides is 1. The summed E-state index contributed by atoms with van der Waals surface area (Å²) in [7, 11) is 0. The molecule has 0 saturated carbocycles. The highest BCUT2D eigenvalue weighted by atomic mass is 19.1. The predicted molar refractivity (Wildman–Crippen MR) is 51.4 cm³/mol. The molecule has 15 heavy (non-hydrogen) atoms. The van der Waals surface area contributed by atoms with Gasteiger partial charge in [0, 0.05) is 12.1 Å². The summed E-state index contributed by atoms with van der Waals surface area (Å²) in [5.41, 5.74) is 0.445. The number of benzene rings is 1. The van der Waals surface area contributed by atoms with E-state index < -0.39 is 0 Å². The van der Waals surface area contributed by atoms with Crippen LogP contribution in [0.2, 0.25) is 0 Å². The molecule has 0 bridgehead atoms. The molecule has 1 heterocycles. The Hall–Kier alpha value is -1.71. The second kappa shape index (κ2) is 3.81. The Balaban J connectivity index is 2.13. The smallest absolute Gasteiger partial charge is 0.230 e. The Morgan fingerprint density at radius 1 is 1.27 bits per heavy atom. The molecule has 1 aromatic rings. The molecule has 78 valence electrons. The predicted octanol–water partition coefficient (Wildman–Crippen LogP) is 1.13. The summed E-state index contributed by atoms with van der Waals surface area (Å²) in [6, 6.07) is 6.26. The number of hydrogen-bond acceptors (Lipinski definition) is 2. The van der Waals surface area contributed by atoms with E-state index in [1.54, 1.807) is 18.2 Å². The van der Waals surface area contributed by atoms with Gasteiger partial charge >= 0.3 is 0 Å². The minimum absolute atomic E-state index is 0.0472. The summed E-state index contributed by atoms with van der Waals surface area (Å²) in [5, 5.41) is 0. The first-order valence-corrected chi connectivity index (χ1v) is 4.69. The highest BCUT2D eigenvalue weighted by molar-refractivity contribution is 6.05. The summed E-state index contributed by atoms with van der Waals surface area (Å²) in [4.78, 5) is 23.6. The van der Waals surface area contributed by atoms with Gasteiger partial charge in [0.15, 0.2) is 5.78 Å². The van der Waals surface area contributed by atoms with Gasteiger partial charge in [-0.2, -0.15) is 0 Å². The summed E-state index contributed by atoms with van der Waals surface area (Å²) in [6.45, 7) is 0.282. The Kier molecular flexibility index (Phi) is 2.49. The van der Waals surface area contributed by atoms with Crippen LogP contribution in [0.5, 0.6) is 0 Å². The molecular formula is C11H10FNO2. The molecule has 1 aromatic carbocycles. The number of rotatable bonds is 2. The first-order chi connectivity index (χ1) is 7.16. The molecule has 3 nitrogen and oxygen atoms in total. The van der Waals surface area contributed by atoms with Crippen molar-refractivity contribution in [3.8, 4) is 0 Å². The standard InChI is InChI=1S/C11H10FNO2/c12-10-4-2-1-3-8(10)6-13-7-9(14)5-11(13)15/h1-4H,5-7H2. The van der Waals surface area contributed by atoms with Crippen molar-refractivity contribution in [3.63, 3.8) is 0 Å². The van der Waals surface area contributed by atoms with E-state index in [-0.39, 0.29) is 37.0 Å². The van der Waals surface area contributed by atoms with Crippen LogP contribution in [-0.2, 0) is 16.1 Å². The molecule has 1 saturated heterocycles. The van der Waals surface area contributed by atoms with E-state index in [1.165, 1.54) is 11.0 Å². The average Bonchev–Trinajstić information content (AvgIpc) is 2.49. The van der Waals surface area contributed by atoms with Crippen LogP contribution in [0.4, 0.5) is 4.39 Å². The van der Waals surface area contributed by atoms with Crippen molar-refractivity contribution >= 4 is 11.7 Å². The zero-order valence-corrected chi connectivity index (χ0v) is 8.07. The lowest BCUT2D eigenvalue weighted by Crippen LogP contribution is -2.25. The minimum Gasteiger partial charge on any atom is -0.331 e. The number of nitrogens with zero attached hydrogens (tertiary/aromatic N) is 1. The largest absolute Gasteiger partial charge is 0.331 e. The number of carbonyl (C=O) groups excluding carboxylic acids is 2. The molecule has 0 spiro atoms. The van der Waals surface area contributed by atoms with Crippen molar-refractivity contribution in [2.45, 2.75) is 13.0 Å². The second-order valence-electron chi connectivity index (χ2n) is 3.56. The highest BCUT2D eigenvalue weighted by Gasteiger charge is 2.27. The first kappa shape index (κ1) is 9.83. The monoisotopic (exact) mass is 207 g/mol. The van der Waals surface area contributed by atoms with Crippen LogP contribution in [0.25, 0.3) is 0 Å². The third-order valence-corrected chi connectivity index (χ3v) is 2.39. The zero-order valence-electron chi connectivity index (χ0n) is 8.07. The molecule has 0 N–H and O–H groups in total. The fraction of sp³-hybridized carbons (Fsp3) is 0.273. The van der Waals surface area contributed by atoms with Crippen LogP contribution in [0.1, 0.15) is 12.0 Å². The van der Waals surface area contributed by atoms with Crippen molar-refractivity contribution in [3.05, 3.63) is 35.6 Å². The Bertz CT molecular complexity index is 417. The summed E-state index contributed by atoms with van der Waals surface area (Å²) < 4.78 is 13.2. The van der Waals surface area contributed by atoms with Crippen LogP contribution in [-0.4, -0.2) is 23.1 Å². The van der Waals surface area contributed by atoms with Gasteiger partial charge in [0.1, 0.15) is 5.82 Å². The molecule has 0 aliphatic carbocycles. The molecule has 1 fully saturated rings. The van der Waals surface area contributed by atoms with Crippen molar-refractivity contribution in [1.29, 1.82) is 0 Å². The maximum atomic E-state index is 13.2. The highest BCUT2D eigenvalue weighted by Crippen LogP contribution is 2.14. The van der Waals surface area contributed by atoms with E-state index in [0.29, 0.717) is 5.56 Å². The maximum absolute atomic E-state index is 13.2. The van der Waals surface area contributed by atoms with E-state index in [9.17, 15) is 14.0 Å². The number of hydrogen-bond donors (Lipinski definition) is 0. The maximum Gasteiger partial charge on any atom is 0.230 e. The Morgan fingerprint density at radius 3 is 2.60 bits per heavy atom. The van der Waals surface area contributed by atoms with Gasteiger partial charge in [0.05, 0.1) is 13.0 Å². The number of ketones is 1. The Labute approximate surface area is 86.5 Å². The molecule has 0 radical (unpaired) electrons. The summed E-state index contributed by atoms with van der Waals surface area (Å²) >= 11 is 0. The molecule has 1 aliphatic rings. The second-order valence-corrected chi connectivity index (χ2v) is 3.56. The topological polar surface area (TPSA) is 37.4 Å². The number of carbonyl (C=O) groups is 2. The lowest BCUT2D eigenvalue weighted by Gasteiger charge is -2.14. The zero-order chi connectivity index (χ0) is 10.8. The molecule has 1 amide bonds. The fourth-order valence-electron chi connectivity index (χ4n) is 1.61. The molecule has 4 heteroatoms. The molecule has 0 atom stereocenters. The first-order valence-electron chi connectivity index (χ1n) is 4.69. The SMILES string of the molecule is O=C1CC(=O)N(Cc2ccccc2F)C1. The number of Topliss-reactive ketones (excluding diaryl/α,β-unsaturated/α-hetero) is 1. The molecule has 1 aliphatic heterocycles. The van der Waals surface area contributed by atoms with Gasteiger partial charge in [-0.1, -0.05) is 18.2 Å². The number of likely N-dealkylation sites (tertiary alicyclic amines) is 1. The molecule has 2 rings (SSSR count). The van der Waals surface area contributed by atoms with E-state index >= 15 is 0 Å². The number of halogens is 1. The van der Waals surface area contributed by atoms with Gasteiger partial charge < -0.3 is 4.90 Å². The van der Waals surface area contributed by atoms with Gasteiger partial charge in [0.2, 0.25) is 5.91 Å². The van der Waals surface area contributed by atoms with Gasteiger partial charge in [-0.3, -0.25) is 9.59 Å². The van der Waals surface area contributed by atoms with Gasteiger partial charge in [0.25, 0.3) is 0 Å². The van der Waals surface area contributed by atoms with Crippen molar-refractivity contribution in [2.75, 3.05) is 6.54 Å². The summed E-state index contributed by atoms with van der Waals surface area (Å²) in [5.74, 6) is -0.663. The third kappa shape index (κ3) is 2.03. The normalized spacial score (nSPS) is 16.2. The van der Waals surface area contributed by atoms with Crippen LogP contribution >= 0.6 is 0 Å². The van der Waals surface area contributed by atoms with E-state index in [1.807, 2.05) is 0 Å². The molecule has 0 aromatic heterocycles. The van der Waals surface area contributed by atoms with E-state index in [4.69, 9.17) is 0 Å². The molecule has 0 unspecified atom stereocenters. The van der Waals surface area contributed by atoms with Crippen LogP contribution in [0.3, 0.4) is 0 Å². The lowest BCUT2D eigenvalue weighted by molar-refractivity contribution is -0.128. The van der Waals surface area contributed by atoms with E-state index in [2.05, 4.69) is 0 Å². The van der Waals surface area contributed by atoms with Crippen molar-refractivity contribution < 1.29 is 14.0 Å². The van der Waals surface area contributed by atoms with Crippen molar-refractivity contribution in [1.82, 2.24) is 4.90 Å². The Morgan fingerprint density at radius 2 is 2.00 bits per heavy atom. The van der Waals surface area contributed by atoms with Gasteiger partial charge in [-0.05, 0) is 6.07 Å². The fourth-order valence-corrected chi connectivity index (χ4v) is 1.61. The quantitative estimate of drug-likeness (QED) is 0.682. The van der Waals surface area contributed by atoms with Crippen molar-refractivity contribution in [2.24, 2.45) is 0 Å². The minimum atomic E-state index is -0.343. The lowest BCUT2D eigenvalue weighted by atomic mass is 10.2. The van der Waals surface area contributed by atoms with Gasteiger partial charge in [-0.15, -0.1) is 0 Å². The van der Waals surface area contributed by atoms with Crippen LogP contribution < -0.4 is 0 Å². The third-order valence-electron chi connectivity index (χ3n) is 2.39. The van der Waals surface area contributed by atoms with Gasteiger partial charge in [-0.25, -0.2) is 4.39 Å².